The van der Waals surface area contributed by atoms with Crippen molar-refractivity contribution in [2.75, 3.05) is 5.88 Å². The van der Waals surface area contributed by atoms with E-state index in [2.05, 4.69) is 0 Å². The quantitative estimate of drug-likeness (QED) is 0.441. The molecule has 0 heterocycles. The number of halogens is 1. The van der Waals surface area contributed by atoms with Gasteiger partial charge in [-0.3, -0.25) is 4.79 Å². The maximum Gasteiger partial charge on any atom is 0.303 e. The van der Waals surface area contributed by atoms with Gasteiger partial charge in [-0.05, 0) is 13.8 Å². The Labute approximate surface area is 60.1 Å². The summed E-state index contributed by atoms with van der Waals surface area (Å²) in [6.07, 6.45) is 0. The molecular formula is C6H11ClO2. The zero-order valence-corrected chi connectivity index (χ0v) is 6.66. The number of alkyl halides is 1. The first-order valence-electron chi connectivity index (χ1n) is 2.73. The Morgan fingerprint density at radius 2 is 2.11 bits per heavy atom. The first-order chi connectivity index (χ1) is 3.98. The van der Waals surface area contributed by atoms with E-state index in [9.17, 15) is 4.79 Å². The number of hydrogen-bond donors (Lipinski definition) is 0. The van der Waals surface area contributed by atoms with Crippen LogP contribution in [0, 0.1) is 0 Å². The van der Waals surface area contributed by atoms with Gasteiger partial charge in [-0.2, -0.15) is 0 Å². The zero-order valence-electron chi connectivity index (χ0n) is 5.90. The van der Waals surface area contributed by atoms with Gasteiger partial charge in [-0.15, -0.1) is 11.6 Å². The molecule has 0 aliphatic heterocycles. The van der Waals surface area contributed by atoms with Gasteiger partial charge in [0.05, 0.1) is 5.88 Å². The molecule has 54 valence electrons. The van der Waals surface area contributed by atoms with Crippen LogP contribution in [0.3, 0.4) is 0 Å². The van der Waals surface area contributed by atoms with Crippen LogP contribution in [-0.2, 0) is 9.53 Å². The topological polar surface area (TPSA) is 26.3 Å². The van der Waals surface area contributed by atoms with Crippen molar-refractivity contribution < 1.29 is 9.53 Å². The van der Waals surface area contributed by atoms with Crippen molar-refractivity contribution in [1.29, 1.82) is 0 Å². The van der Waals surface area contributed by atoms with Crippen molar-refractivity contribution in [2.45, 2.75) is 26.4 Å². The summed E-state index contributed by atoms with van der Waals surface area (Å²) in [6.45, 7) is 4.90. The molecule has 0 unspecified atom stereocenters. The normalized spacial score (nSPS) is 11.1. The van der Waals surface area contributed by atoms with E-state index in [0.717, 1.165) is 0 Å². The van der Waals surface area contributed by atoms with Crippen LogP contribution in [-0.4, -0.2) is 17.5 Å². The van der Waals surface area contributed by atoms with Crippen molar-refractivity contribution >= 4 is 17.6 Å². The molecule has 0 rings (SSSR count). The molecule has 2 nitrogen and oxygen atoms in total. The smallest absolute Gasteiger partial charge is 0.303 e. The summed E-state index contributed by atoms with van der Waals surface area (Å²) >= 11 is 5.46. The van der Waals surface area contributed by atoms with Crippen molar-refractivity contribution in [2.24, 2.45) is 0 Å². The van der Waals surface area contributed by atoms with Crippen LogP contribution >= 0.6 is 11.6 Å². The molecule has 0 aliphatic rings. The summed E-state index contributed by atoms with van der Waals surface area (Å²) in [5.74, 6) is 0.0349. The van der Waals surface area contributed by atoms with E-state index in [4.69, 9.17) is 16.3 Å². The highest BCUT2D eigenvalue weighted by atomic mass is 35.5. The first-order valence-corrected chi connectivity index (χ1v) is 3.27. The standard InChI is InChI=1S/C6H11ClO2/c1-5(8)9-6(2,3)4-7/h4H2,1-3H3. The number of esters is 1. The third-order valence-electron chi connectivity index (χ3n) is 0.742. The molecule has 0 saturated carbocycles. The average molecular weight is 151 g/mol. The van der Waals surface area contributed by atoms with Crippen molar-refractivity contribution in [1.82, 2.24) is 0 Å². The predicted molar refractivity (Wildman–Crippen MR) is 36.6 cm³/mol. The second-order valence-electron chi connectivity index (χ2n) is 2.49. The fourth-order valence-electron chi connectivity index (χ4n) is 0.416. The summed E-state index contributed by atoms with van der Waals surface area (Å²) in [5, 5.41) is 0. The molecule has 0 radical (unpaired) electrons. The average Bonchev–Trinajstić information content (AvgIpc) is 1.63. The molecule has 0 atom stereocenters. The van der Waals surface area contributed by atoms with Crippen LogP contribution < -0.4 is 0 Å². The van der Waals surface area contributed by atoms with Crippen LogP contribution in [0.1, 0.15) is 20.8 Å². The summed E-state index contributed by atoms with van der Waals surface area (Å²) < 4.78 is 4.82. The minimum Gasteiger partial charge on any atom is -0.459 e. The minimum absolute atomic E-state index is 0.291. The van der Waals surface area contributed by atoms with Gasteiger partial charge in [0, 0.05) is 6.92 Å². The third-order valence-corrected chi connectivity index (χ3v) is 1.39. The number of carbonyl (C=O) groups excluding carboxylic acids is 1. The number of rotatable bonds is 2. The maximum absolute atomic E-state index is 10.3. The zero-order chi connectivity index (χ0) is 7.49. The highest BCUT2D eigenvalue weighted by Gasteiger charge is 2.18. The summed E-state index contributed by atoms with van der Waals surface area (Å²) in [6, 6.07) is 0. The third kappa shape index (κ3) is 4.28. The summed E-state index contributed by atoms with van der Waals surface area (Å²) in [7, 11) is 0. The van der Waals surface area contributed by atoms with E-state index >= 15 is 0 Å². The molecule has 0 amide bonds. The predicted octanol–water partition coefficient (Wildman–Crippen LogP) is 1.57. The van der Waals surface area contributed by atoms with E-state index in [1.165, 1.54) is 6.92 Å². The van der Waals surface area contributed by atoms with E-state index in [1.807, 2.05) is 0 Å². The van der Waals surface area contributed by atoms with Crippen LogP contribution in [0.25, 0.3) is 0 Å². The molecule has 0 aliphatic carbocycles. The molecular weight excluding hydrogens is 140 g/mol. The fourth-order valence-corrected chi connectivity index (χ4v) is 0.471. The van der Waals surface area contributed by atoms with Gasteiger partial charge >= 0.3 is 5.97 Å². The molecule has 0 N–H and O–H groups in total. The van der Waals surface area contributed by atoms with Gasteiger partial charge in [0.25, 0.3) is 0 Å². The Balaban J connectivity index is 3.71. The lowest BCUT2D eigenvalue weighted by Gasteiger charge is -2.20. The van der Waals surface area contributed by atoms with E-state index in [0.29, 0.717) is 5.88 Å². The van der Waals surface area contributed by atoms with Crippen LogP contribution in [0.15, 0.2) is 0 Å². The molecule has 0 fully saturated rings. The second-order valence-corrected chi connectivity index (χ2v) is 2.75. The highest BCUT2D eigenvalue weighted by molar-refractivity contribution is 6.18. The molecule has 0 bridgehead atoms. The largest absolute Gasteiger partial charge is 0.459 e. The molecule has 0 spiro atoms. The van der Waals surface area contributed by atoms with Crippen LogP contribution in [0.4, 0.5) is 0 Å². The molecule has 0 aromatic rings. The monoisotopic (exact) mass is 150 g/mol. The lowest BCUT2D eigenvalue weighted by Crippen LogP contribution is -2.28. The van der Waals surface area contributed by atoms with Crippen molar-refractivity contribution in [3.63, 3.8) is 0 Å². The summed E-state index contributed by atoms with van der Waals surface area (Å²) in [4.78, 5) is 10.3. The molecule has 3 heteroatoms. The van der Waals surface area contributed by atoms with E-state index in [1.54, 1.807) is 13.8 Å². The van der Waals surface area contributed by atoms with Gasteiger partial charge in [-0.1, -0.05) is 0 Å². The lowest BCUT2D eigenvalue weighted by atomic mass is 10.2. The van der Waals surface area contributed by atoms with Crippen molar-refractivity contribution in [3.8, 4) is 0 Å². The van der Waals surface area contributed by atoms with Gasteiger partial charge in [0.2, 0.25) is 0 Å². The Kier molecular flexibility index (Phi) is 2.98. The summed E-state index contributed by atoms with van der Waals surface area (Å²) in [5.41, 5.74) is -0.520. The Morgan fingerprint density at radius 1 is 1.67 bits per heavy atom. The SMILES string of the molecule is CC(=O)OC(C)(C)CCl. The second kappa shape index (κ2) is 3.06. The van der Waals surface area contributed by atoms with Gasteiger partial charge in [-0.25, -0.2) is 0 Å². The Bertz CT molecular complexity index is 110. The van der Waals surface area contributed by atoms with Gasteiger partial charge in [0.15, 0.2) is 0 Å². The first kappa shape index (κ1) is 8.76. The van der Waals surface area contributed by atoms with E-state index < -0.39 is 5.60 Å². The lowest BCUT2D eigenvalue weighted by molar-refractivity contribution is -0.151. The molecule has 0 aromatic heterocycles. The van der Waals surface area contributed by atoms with Gasteiger partial charge in [0.1, 0.15) is 5.60 Å². The highest BCUT2D eigenvalue weighted by Crippen LogP contribution is 2.10. The minimum atomic E-state index is -0.520. The molecule has 0 aromatic carbocycles. The number of carbonyl (C=O) groups is 1. The number of ether oxygens (including phenoxy) is 1. The fraction of sp³-hybridized carbons (Fsp3) is 0.833. The molecule has 9 heavy (non-hydrogen) atoms. The van der Waals surface area contributed by atoms with Gasteiger partial charge < -0.3 is 4.74 Å². The Morgan fingerprint density at radius 3 is 2.22 bits per heavy atom. The van der Waals surface area contributed by atoms with Crippen LogP contribution in [0.2, 0.25) is 0 Å². The van der Waals surface area contributed by atoms with Crippen molar-refractivity contribution in [3.05, 3.63) is 0 Å². The maximum atomic E-state index is 10.3. The molecule has 0 saturated heterocycles. The number of hydrogen-bond acceptors (Lipinski definition) is 2. The van der Waals surface area contributed by atoms with Crippen LogP contribution in [0.5, 0.6) is 0 Å². The Hall–Kier alpha value is -0.240. The van der Waals surface area contributed by atoms with E-state index in [-0.39, 0.29) is 5.97 Å².